The molecule has 2 nitrogen and oxygen atoms in total. The van der Waals surface area contributed by atoms with Crippen LogP contribution < -0.4 is 0 Å². The minimum atomic E-state index is 0.163. The third-order valence-electron chi connectivity index (χ3n) is 3.23. The summed E-state index contributed by atoms with van der Waals surface area (Å²) in [6.45, 7) is 7.57. The van der Waals surface area contributed by atoms with Crippen LogP contribution in [0.5, 0.6) is 0 Å². The highest BCUT2D eigenvalue weighted by molar-refractivity contribution is 5.95. The van der Waals surface area contributed by atoms with Gasteiger partial charge < -0.3 is 4.90 Å². The van der Waals surface area contributed by atoms with E-state index >= 15 is 0 Å². The standard InChI is InChI=1S/C15H19NO/c1-3-13-9-12(2)10-14(11-13)15(17)16-7-5-4-6-8-16/h3,9-11H,1,4-8H2,2H3. The van der Waals surface area contributed by atoms with Gasteiger partial charge in [0.15, 0.2) is 0 Å². The average molecular weight is 229 g/mol. The van der Waals surface area contributed by atoms with Crippen molar-refractivity contribution in [1.29, 1.82) is 0 Å². The van der Waals surface area contributed by atoms with Gasteiger partial charge in [0.25, 0.3) is 5.91 Å². The summed E-state index contributed by atoms with van der Waals surface area (Å²) in [4.78, 5) is 14.3. The lowest BCUT2D eigenvalue weighted by Crippen LogP contribution is -2.35. The van der Waals surface area contributed by atoms with Crippen molar-refractivity contribution in [2.45, 2.75) is 26.2 Å². The van der Waals surface area contributed by atoms with Gasteiger partial charge in [0.2, 0.25) is 0 Å². The van der Waals surface area contributed by atoms with Crippen LogP contribution in [0.25, 0.3) is 6.08 Å². The maximum atomic E-state index is 12.3. The summed E-state index contributed by atoms with van der Waals surface area (Å²) in [6, 6.07) is 5.93. The molecule has 1 aliphatic rings. The molecule has 1 fully saturated rings. The number of nitrogens with zero attached hydrogens (tertiary/aromatic N) is 1. The number of rotatable bonds is 2. The Bertz CT molecular complexity index is 431. The maximum absolute atomic E-state index is 12.3. The summed E-state index contributed by atoms with van der Waals surface area (Å²) in [5, 5.41) is 0. The van der Waals surface area contributed by atoms with E-state index in [0.717, 1.165) is 42.6 Å². The van der Waals surface area contributed by atoms with Crippen molar-refractivity contribution in [3.8, 4) is 0 Å². The van der Waals surface area contributed by atoms with Crippen LogP contribution in [0, 0.1) is 6.92 Å². The predicted molar refractivity (Wildman–Crippen MR) is 71.0 cm³/mol. The van der Waals surface area contributed by atoms with Crippen molar-refractivity contribution in [3.05, 3.63) is 41.5 Å². The molecule has 0 aliphatic carbocycles. The van der Waals surface area contributed by atoms with Gasteiger partial charge in [-0.3, -0.25) is 4.79 Å². The first kappa shape index (κ1) is 11.9. The highest BCUT2D eigenvalue weighted by Gasteiger charge is 2.18. The first-order chi connectivity index (χ1) is 8.20. The number of likely N-dealkylation sites (tertiary alicyclic amines) is 1. The molecule has 0 radical (unpaired) electrons. The van der Waals surface area contributed by atoms with E-state index in [-0.39, 0.29) is 5.91 Å². The van der Waals surface area contributed by atoms with Crippen molar-refractivity contribution >= 4 is 12.0 Å². The van der Waals surface area contributed by atoms with Gasteiger partial charge in [-0.1, -0.05) is 18.7 Å². The topological polar surface area (TPSA) is 20.3 Å². The van der Waals surface area contributed by atoms with Crippen molar-refractivity contribution in [2.75, 3.05) is 13.1 Å². The van der Waals surface area contributed by atoms with E-state index in [0.29, 0.717) is 0 Å². The molecule has 1 heterocycles. The lowest BCUT2D eigenvalue weighted by atomic mass is 10.0. The second-order valence-electron chi connectivity index (χ2n) is 4.69. The number of hydrogen-bond donors (Lipinski definition) is 0. The van der Waals surface area contributed by atoms with Gasteiger partial charge in [0, 0.05) is 18.7 Å². The number of carbonyl (C=O) groups is 1. The Morgan fingerprint density at radius 2 is 1.94 bits per heavy atom. The third kappa shape index (κ3) is 2.76. The van der Waals surface area contributed by atoms with Gasteiger partial charge in [-0.15, -0.1) is 0 Å². The van der Waals surface area contributed by atoms with Gasteiger partial charge in [-0.05, 0) is 49.4 Å². The predicted octanol–water partition coefficient (Wildman–Crippen LogP) is 3.26. The number of amides is 1. The average Bonchev–Trinajstić information content (AvgIpc) is 2.38. The van der Waals surface area contributed by atoms with E-state index in [1.165, 1.54) is 6.42 Å². The minimum absolute atomic E-state index is 0.163. The summed E-state index contributed by atoms with van der Waals surface area (Å²) >= 11 is 0. The van der Waals surface area contributed by atoms with Crippen molar-refractivity contribution < 1.29 is 4.79 Å². The fourth-order valence-corrected chi connectivity index (χ4v) is 2.33. The zero-order valence-electron chi connectivity index (χ0n) is 10.4. The molecule has 0 bridgehead atoms. The molecule has 0 unspecified atom stereocenters. The Morgan fingerprint density at radius 1 is 1.24 bits per heavy atom. The summed E-state index contributed by atoms with van der Waals surface area (Å²) in [6.07, 6.45) is 5.30. The third-order valence-corrected chi connectivity index (χ3v) is 3.23. The summed E-state index contributed by atoms with van der Waals surface area (Å²) < 4.78 is 0. The van der Waals surface area contributed by atoms with Gasteiger partial charge in [0.1, 0.15) is 0 Å². The van der Waals surface area contributed by atoms with Gasteiger partial charge in [-0.2, -0.15) is 0 Å². The van der Waals surface area contributed by atoms with Crippen LogP contribution in [0.3, 0.4) is 0 Å². The molecule has 1 aromatic rings. The molecule has 2 rings (SSSR count). The molecule has 1 aromatic carbocycles. The van der Waals surface area contributed by atoms with Crippen LogP contribution in [-0.4, -0.2) is 23.9 Å². The number of aryl methyl sites for hydroxylation is 1. The highest BCUT2D eigenvalue weighted by atomic mass is 16.2. The highest BCUT2D eigenvalue weighted by Crippen LogP contribution is 2.16. The van der Waals surface area contributed by atoms with Crippen LogP contribution >= 0.6 is 0 Å². The van der Waals surface area contributed by atoms with Crippen LogP contribution in [-0.2, 0) is 0 Å². The molecule has 1 amide bonds. The van der Waals surface area contributed by atoms with Crippen LogP contribution in [0.15, 0.2) is 24.8 Å². The van der Waals surface area contributed by atoms with Crippen molar-refractivity contribution in [3.63, 3.8) is 0 Å². The van der Waals surface area contributed by atoms with Crippen LogP contribution in [0.1, 0.15) is 40.7 Å². The van der Waals surface area contributed by atoms with Gasteiger partial charge in [-0.25, -0.2) is 0 Å². The van der Waals surface area contributed by atoms with Gasteiger partial charge >= 0.3 is 0 Å². The first-order valence-corrected chi connectivity index (χ1v) is 6.24. The van der Waals surface area contributed by atoms with E-state index in [9.17, 15) is 4.79 Å². The number of piperidine rings is 1. The van der Waals surface area contributed by atoms with E-state index in [4.69, 9.17) is 0 Å². The number of hydrogen-bond acceptors (Lipinski definition) is 1. The van der Waals surface area contributed by atoms with Crippen LogP contribution in [0.2, 0.25) is 0 Å². The molecule has 0 aromatic heterocycles. The summed E-state index contributed by atoms with van der Waals surface area (Å²) in [5.74, 6) is 0.163. The largest absolute Gasteiger partial charge is 0.339 e. The normalized spacial score (nSPS) is 15.7. The SMILES string of the molecule is C=Cc1cc(C)cc(C(=O)N2CCCCC2)c1. The molecule has 1 saturated heterocycles. The van der Waals surface area contributed by atoms with E-state index in [1.807, 2.05) is 30.0 Å². The number of benzene rings is 1. The molecule has 1 aliphatic heterocycles. The van der Waals surface area contributed by atoms with E-state index in [2.05, 4.69) is 6.58 Å². The Balaban J connectivity index is 2.23. The second-order valence-corrected chi connectivity index (χ2v) is 4.69. The molecular weight excluding hydrogens is 210 g/mol. The second kappa shape index (κ2) is 5.17. The Labute approximate surface area is 103 Å². The Morgan fingerprint density at radius 3 is 2.59 bits per heavy atom. The monoisotopic (exact) mass is 229 g/mol. The Hall–Kier alpha value is -1.57. The molecule has 2 heteroatoms. The fraction of sp³-hybridized carbons (Fsp3) is 0.400. The fourth-order valence-electron chi connectivity index (χ4n) is 2.33. The van der Waals surface area contributed by atoms with Crippen molar-refractivity contribution in [2.24, 2.45) is 0 Å². The maximum Gasteiger partial charge on any atom is 0.253 e. The molecule has 0 atom stereocenters. The number of carbonyl (C=O) groups excluding carboxylic acids is 1. The molecule has 90 valence electrons. The Kier molecular flexibility index (Phi) is 3.62. The molecule has 0 spiro atoms. The zero-order chi connectivity index (χ0) is 12.3. The van der Waals surface area contributed by atoms with Crippen molar-refractivity contribution in [1.82, 2.24) is 4.90 Å². The first-order valence-electron chi connectivity index (χ1n) is 6.24. The lowest BCUT2D eigenvalue weighted by molar-refractivity contribution is 0.0724. The zero-order valence-corrected chi connectivity index (χ0v) is 10.4. The van der Waals surface area contributed by atoms with Crippen LogP contribution in [0.4, 0.5) is 0 Å². The molecule has 0 N–H and O–H groups in total. The molecule has 17 heavy (non-hydrogen) atoms. The van der Waals surface area contributed by atoms with Gasteiger partial charge in [0.05, 0.1) is 0 Å². The van der Waals surface area contributed by atoms with E-state index < -0.39 is 0 Å². The molecule has 0 saturated carbocycles. The minimum Gasteiger partial charge on any atom is -0.339 e. The smallest absolute Gasteiger partial charge is 0.253 e. The summed E-state index contributed by atoms with van der Waals surface area (Å²) in [5.41, 5.74) is 2.93. The van der Waals surface area contributed by atoms with E-state index in [1.54, 1.807) is 6.08 Å². The quantitative estimate of drug-likeness (QED) is 0.762. The lowest BCUT2D eigenvalue weighted by Gasteiger charge is -2.27. The molecular formula is C15H19NO. The summed E-state index contributed by atoms with van der Waals surface area (Å²) in [7, 11) is 0.